The lowest BCUT2D eigenvalue weighted by Gasteiger charge is -2.27. The summed E-state index contributed by atoms with van der Waals surface area (Å²) in [5, 5.41) is 5.33. The molecular weight excluding hydrogens is 402 g/mol. The van der Waals surface area contributed by atoms with Gasteiger partial charge in [-0.25, -0.2) is 0 Å². The second-order valence-corrected chi connectivity index (χ2v) is 7.72. The molecule has 3 aromatic rings. The number of benzene rings is 2. The molecule has 7 heteroatoms. The molecule has 2 aromatic carbocycles. The standard InChI is InChI=1S/C23H24ClN3O3/c1-26-22-11-12-27(23(28)16-30-19-5-3-2-4-6-19)13-20(22)21(25-26)15-29-14-17-7-9-18(24)10-8-17/h2-10H,11-16H2,1H3. The second kappa shape index (κ2) is 9.32. The Balaban J connectivity index is 1.36. The van der Waals surface area contributed by atoms with E-state index < -0.39 is 0 Å². The molecule has 156 valence electrons. The third kappa shape index (κ3) is 4.83. The van der Waals surface area contributed by atoms with Crippen molar-refractivity contribution in [2.45, 2.75) is 26.2 Å². The number of carbonyl (C=O) groups is 1. The molecule has 0 saturated carbocycles. The van der Waals surface area contributed by atoms with Crippen LogP contribution in [0, 0.1) is 0 Å². The van der Waals surface area contributed by atoms with Crippen LogP contribution in [0.1, 0.15) is 22.5 Å². The number of hydrogen-bond donors (Lipinski definition) is 0. The van der Waals surface area contributed by atoms with Crippen LogP contribution in [0.3, 0.4) is 0 Å². The molecule has 0 radical (unpaired) electrons. The summed E-state index contributed by atoms with van der Waals surface area (Å²) in [4.78, 5) is 14.5. The zero-order valence-corrected chi connectivity index (χ0v) is 17.6. The van der Waals surface area contributed by atoms with Crippen molar-refractivity contribution >= 4 is 17.5 Å². The third-order valence-electron chi connectivity index (χ3n) is 5.20. The molecule has 0 unspecified atom stereocenters. The van der Waals surface area contributed by atoms with Crippen LogP contribution in [-0.4, -0.2) is 33.7 Å². The summed E-state index contributed by atoms with van der Waals surface area (Å²) in [5.41, 5.74) is 4.17. The smallest absolute Gasteiger partial charge is 0.260 e. The van der Waals surface area contributed by atoms with E-state index in [4.69, 9.17) is 21.1 Å². The predicted octanol–water partition coefficient (Wildman–Crippen LogP) is 3.75. The quantitative estimate of drug-likeness (QED) is 0.578. The minimum Gasteiger partial charge on any atom is -0.484 e. The van der Waals surface area contributed by atoms with Crippen LogP contribution in [0.4, 0.5) is 0 Å². The van der Waals surface area contributed by atoms with Crippen molar-refractivity contribution in [3.05, 3.63) is 82.1 Å². The van der Waals surface area contributed by atoms with E-state index in [2.05, 4.69) is 5.10 Å². The van der Waals surface area contributed by atoms with E-state index in [-0.39, 0.29) is 12.5 Å². The van der Waals surface area contributed by atoms with Gasteiger partial charge in [0.25, 0.3) is 5.91 Å². The SMILES string of the molecule is Cn1nc(COCc2ccc(Cl)cc2)c2c1CCN(C(=O)COc1ccccc1)C2. The monoisotopic (exact) mass is 425 g/mol. The zero-order chi connectivity index (χ0) is 20.9. The molecule has 0 aliphatic carbocycles. The van der Waals surface area contributed by atoms with Crippen molar-refractivity contribution in [1.29, 1.82) is 0 Å². The first-order valence-electron chi connectivity index (χ1n) is 9.91. The number of hydrogen-bond acceptors (Lipinski definition) is 4. The van der Waals surface area contributed by atoms with Crippen LogP contribution in [0.15, 0.2) is 54.6 Å². The van der Waals surface area contributed by atoms with Crippen LogP contribution in [0.25, 0.3) is 0 Å². The number of nitrogens with zero attached hydrogens (tertiary/aromatic N) is 3. The van der Waals surface area contributed by atoms with Gasteiger partial charge in [0.2, 0.25) is 0 Å². The van der Waals surface area contributed by atoms with E-state index in [0.717, 1.165) is 28.9 Å². The Hall–Kier alpha value is -2.83. The first kappa shape index (κ1) is 20.4. The number of aromatic nitrogens is 2. The highest BCUT2D eigenvalue weighted by Gasteiger charge is 2.26. The molecule has 1 amide bonds. The van der Waals surface area contributed by atoms with Crippen LogP contribution in [0.2, 0.25) is 5.02 Å². The molecule has 6 nitrogen and oxygen atoms in total. The van der Waals surface area contributed by atoms with Gasteiger partial charge in [-0.05, 0) is 29.8 Å². The maximum absolute atomic E-state index is 12.7. The first-order valence-corrected chi connectivity index (χ1v) is 10.3. The number of rotatable bonds is 7. The first-order chi connectivity index (χ1) is 14.6. The summed E-state index contributed by atoms with van der Waals surface area (Å²) in [7, 11) is 1.94. The number of aryl methyl sites for hydroxylation is 1. The Morgan fingerprint density at radius 1 is 1.10 bits per heavy atom. The van der Waals surface area contributed by atoms with Gasteiger partial charge < -0.3 is 14.4 Å². The molecule has 0 atom stereocenters. The minimum atomic E-state index is -0.0265. The molecule has 0 N–H and O–H groups in total. The Morgan fingerprint density at radius 3 is 2.63 bits per heavy atom. The van der Waals surface area contributed by atoms with Gasteiger partial charge in [0.05, 0.1) is 18.9 Å². The van der Waals surface area contributed by atoms with Crippen LogP contribution >= 0.6 is 11.6 Å². The average Bonchev–Trinajstić information content (AvgIpc) is 3.09. The van der Waals surface area contributed by atoms with E-state index in [9.17, 15) is 4.79 Å². The molecule has 0 spiro atoms. The van der Waals surface area contributed by atoms with Gasteiger partial charge in [-0.3, -0.25) is 9.48 Å². The Kier molecular flexibility index (Phi) is 6.35. The van der Waals surface area contributed by atoms with Gasteiger partial charge in [-0.15, -0.1) is 0 Å². The highest BCUT2D eigenvalue weighted by atomic mass is 35.5. The molecule has 1 aromatic heterocycles. The lowest BCUT2D eigenvalue weighted by Crippen LogP contribution is -2.39. The van der Waals surface area contributed by atoms with Crippen LogP contribution in [-0.2, 0) is 42.8 Å². The molecular formula is C23H24ClN3O3. The normalized spacial score (nSPS) is 13.2. The Labute approximate surface area is 181 Å². The topological polar surface area (TPSA) is 56.6 Å². The highest BCUT2D eigenvalue weighted by molar-refractivity contribution is 6.30. The number of para-hydroxylation sites is 1. The second-order valence-electron chi connectivity index (χ2n) is 7.28. The van der Waals surface area contributed by atoms with E-state index >= 15 is 0 Å². The molecule has 2 heterocycles. The zero-order valence-electron chi connectivity index (χ0n) is 16.9. The number of ether oxygens (including phenoxy) is 2. The lowest BCUT2D eigenvalue weighted by atomic mass is 10.1. The largest absolute Gasteiger partial charge is 0.484 e. The molecule has 0 saturated heterocycles. The van der Waals surface area contributed by atoms with Crippen molar-refractivity contribution in [1.82, 2.24) is 14.7 Å². The van der Waals surface area contributed by atoms with Crippen molar-refractivity contribution in [2.24, 2.45) is 7.05 Å². The fourth-order valence-corrected chi connectivity index (χ4v) is 3.72. The fraction of sp³-hybridized carbons (Fsp3) is 0.304. The van der Waals surface area contributed by atoms with Gasteiger partial charge in [-0.2, -0.15) is 5.10 Å². The minimum absolute atomic E-state index is 0.0265. The van der Waals surface area contributed by atoms with Crippen molar-refractivity contribution in [3.8, 4) is 5.75 Å². The summed E-state index contributed by atoms with van der Waals surface area (Å²) in [6.45, 7) is 2.10. The lowest BCUT2D eigenvalue weighted by molar-refractivity contribution is -0.134. The van der Waals surface area contributed by atoms with Crippen molar-refractivity contribution < 1.29 is 14.3 Å². The fourth-order valence-electron chi connectivity index (χ4n) is 3.60. The summed E-state index contributed by atoms with van der Waals surface area (Å²) >= 11 is 5.93. The number of carbonyl (C=O) groups excluding carboxylic acids is 1. The third-order valence-corrected chi connectivity index (χ3v) is 5.46. The Morgan fingerprint density at radius 2 is 1.87 bits per heavy atom. The van der Waals surface area contributed by atoms with Gasteiger partial charge in [0, 0.05) is 42.8 Å². The van der Waals surface area contributed by atoms with Gasteiger partial charge in [-0.1, -0.05) is 41.9 Å². The molecule has 1 aliphatic rings. The summed E-state index contributed by atoms with van der Waals surface area (Å²) < 4.78 is 13.4. The van der Waals surface area contributed by atoms with Gasteiger partial charge in [0.15, 0.2) is 6.61 Å². The van der Waals surface area contributed by atoms with Gasteiger partial charge >= 0.3 is 0 Å². The van der Waals surface area contributed by atoms with Gasteiger partial charge in [0.1, 0.15) is 5.75 Å². The highest BCUT2D eigenvalue weighted by Crippen LogP contribution is 2.23. The molecule has 1 aliphatic heterocycles. The van der Waals surface area contributed by atoms with E-state index in [1.807, 2.05) is 71.2 Å². The average molecular weight is 426 g/mol. The molecule has 30 heavy (non-hydrogen) atoms. The number of amides is 1. The molecule has 4 rings (SSSR count). The van der Waals surface area contributed by atoms with E-state index in [0.29, 0.717) is 37.1 Å². The summed E-state index contributed by atoms with van der Waals surface area (Å²) in [6.07, 6.45) is 0.771. The summed E-state index contributed by atoms with van der Waals surface area (Å²) in [6, 6.07) is 17.0. The predicted molar refractivity (Wildman–Crippen MR) is 114 cm³/mol. The van der Waals surface area contributed by atoms with E-state index in [1.54, 1.807) is 0 Å². The van der Waals surface area contributed by atoms with Crippen LogP contribution < -0.4 is 4.74 Å². The summed E-state index contributed by atoms with van der Waals surface area (Å²) in [5.74, 6) is 0.669. The Bertz CT molecular complexity index is 1000. The van der Waals surface area contributed by atoms with E-state index in [1.165, 1.54) is 0 Å². The van der Waals surface area contributed by atoms with Crippen LogP contribution in [0.5, 0.6) is 5.75 Å². The van der Waals surface area contributed by atoms with Crippen molar-refractivity contribution in [2.75, 3.05) is 13.2 Å². The maximum atomic E-state index is 12.7. The number of fused-ring (bicyclic) bond motifs is 1. The molecule has 0 bridgehead atoms. The van der Waals surface area contributed by atoms with Crippen molar-refractivity contribution in [3.63, 3.8) is 0 Å². The molecule has 0 fully saturated rings. The maximum Gasteiger partial charge on any atom is 0.260 e. The number of halogens is 1.